The second-order valence-electron chi connectivity index (χ2n) is 24.5. The van der Waals surface area contributed by atoms with Gasteiger partial charge in [-0.15, -0.1) is 23.7 Å². The second-order valence-corrected chi connectivity index (χ2v) is 24.9. The third-order valence-corrected chi connectivity index (χ3v) is 18.3. The van der Waals surface area contributed by atoms with Crippen molar-refractivity contribution in [3.05, 3.63) is 290 Å². The van der Waals surface area contributed by atoms with Crippen molar-refractivity contribution < 1.29 is 72.5 Å². The summed E-state index contributed by atoms with van der Waals surface area (Å²) in [6.07, 6.45) is 12.4. The maximum Gasteiger partial charge on any atom is 0.335 e. The van der Waals surface area contributed by atoms with E-state index in [1.54, 1.807) is 60.7 Å². The number of benzene rings is 6. The van der Waals surface area contributed by atoms with Crippen LogP contribution in [0.5, 0.6) is 11.6 Å². The normalized spacial score (nSPS) is 14.7. The molecular weight excluding hydrogens is 1330 g/mol. The van der Waals surface area contributed by atoms with Crippen molar-refractivity contribution >= 4 is 46.6 Å². The summed E-state index contributed by atoms with van der Waals surface area (Å²) in [5.74, 6) is -1.11. The van der Waals surface area contributed by atoms with Crippen molar-refractivity contribution in [1.29, 1.82) is 0 Å². The van der Waals surface area contributed by atoms with Gasteiger partial charge in [-0.3, -0.25) is 24.5 Å². The maximum atomic E-state index is 13.6. The SMILES string of the molecule is Cc1cc(/C(C[C@H](c2ccc(-c3ccc(C(=O)O)cc3)cc2)c2ccccc2C)=N/O)ccn1.Cc1cc(/C(C[C@H](c2ccc(N3CCC(C(=O)O)CC3)cc2)c2ccccc2C)=N/O)ccn1.Cc1nn(C)c(Oc2[c-]c(Cl)ccc2)c1C(=O)N1CCCCC1c1cccnc1.[Y]. The number of carboxylic acids is 2. The third-order valence-electron chi connectivity index (χ3n) is 18.1. The number of anilines is 1. The summed E-state index contributed by atoms with van der Waals surface area (Å²) in [6.45, 7) is 12.1. The molecule has 12 rings (SSSR count). The molecule has 2 aliphatic rings. The van der Waals surface area contributed by atoms with Crippen LogP contribution in [-0.2, 0) is 44.6 Å². The Kier molecular flexibility index (Phi) is 25.6. The number of halogens is 1. The molecule has 0 saturated carbocycles. The van der Waals surface area contributed by atoms with Crippen LogP contribution in [0.15, 0.2) is 211 Å². The van der Waals surface area contributed by atoms with Crippen LogP contribution < -0.4 is 9.64 Å². The topological polar surface area (TPSA) is 229 Å². The number of ether oxygens (including phenoxy) is 1. The number of carboxylic acid groups (broad SMARTS) is 2. The van der Waals surface area contributed by atoms with Gasteiger partial charge in [0.1, 0.15) is 5.56 Å². The fourth-order valence-corrected chi connectivity index (χ4v) is 13.0. The van der Waals surface area contributed by atoms with Gasteiger partial charge in [-0.1, -0.05) is 118 Å². The molecule has 2 saturated heterocycles. The summed E-state index contributed by atoms with van der Waals surface area (Å²) in [5, 5.41) is 50.3. The zero-order valence-electron chi connectivity index (χ0n) is 55.8. The maximum absolute atomic E-state index is 13.6. The molecule has 4 N–H and O–H groups in total. The Morgan fingerprint density at radius 3 is 1.67 bits per heavy atom. The number of piperidine rings is 2. The molecule has 98 heavy (non-hydrogen) atoms. The summed E-state index contributed by atoms with van der Waals surface area (Å²) >= 11 is 6.03. The van der Waals surface area contributed by atoms with Crippen LogP contribution in [0.25, 0.3) is 11.1 Å². The van der Waals surface area contributed by atoms with Crippen LogP contribution in [0.2, 0.25) is 5.02 Å². The Morgan fingerprint density at radius 2 is 1.17 bits per heavy atom. The minimum Gasteiger partial charge on any atom is -0.481 e. The Bertz CT molecular complexity index is 4410. The van der Waals surface area contributed by atoms with E-state index in [9.17, 15) is 29.9 Å². The average molecular weight is 1410 g/mol. The quantitative estimate of drug-likeness (QED) is 0.0271. The van der Waals surface area contributed by atoms with Gasteiger partial charge in [0.05, 0.1) is 34.6 Å². The van der Waals surface area contributed by atoms with E-state index < -0.39 is 11.9 Å². The van der Waals surface area contributed by atoms with E-state index in [4.69, 9.17) is 21.4 Å². The van der Waals surface area contributed by atoms with Crippen molar-refractivity contribution in [1.82, 2.24) is 29.6 Å². The summed E-state index contributed by atoms with van der Waals surface area (Å²) in [7, 11) is 1.76. The van der Waals surface area contributed by atoms with Gasteiger partial charge >= 0.3 is 11.9 Å². The molecule has 3 atom stereocenters. The molecular formula is C79H79ClN9O8Y-. The van der Waals surface area contributed by atoms with Crippen LogP contribution in [0.3, 0.4) is 0 Å². The molecule has 2 fully saturated rings. The molecule has 1 unspecified atom stereocenters. The molecule has 499 valence electrons. The number of likely N-dealkylation sites (tertiary alicyclic amines) is 1. The summed E-state index contributed by atoms with van der Waals surface area (Å²) in [4.78, 5) is 52.9. The number of hydrogen-bond acceptors (Lipinski definition) is 13. The number of aromatic nitrogens is 5. The zero-order chi connectivity index (χ0) is 68.5. The minimum absolute atomic E-state index is 0. The van der Waals surface area contributed by atoms with Crippen molar-refractivity contribution in [2.45, 2.75) is 97.4 Å². The Hall–Kier alpha value is -9.68. The molecule has 6 aromatic carbocycles. The van der Waals surface area contributed by atoms with E-state index in [1.165, 1.54) is 22.3 Å². The summed E-state index contributed by atoms with van der Waals surface area (Å²) in [5.41, 5.74) is 17.1. The molecule has 0 spiro atoms. The zero-order valence-corrected chi connectivity index (χ0v) is 59.4. The number of pyridine rings is 3. The molecule has 1 amide bonds. The number of aliphatic carboxylic acids is 1. The van der Waals surface area contributed by atoms with E-state index >= 15 is 0 Å². The predicted octanol–water partition coefficient (Wildman–Crippen LogP) is 16.6. The van der Waals surface area contributed by atoms with E-state index in [0.29, 0.717) is 71.6 Å². The van der Waals surface area contributed by atoms with Crippen LogP contribution in [0.1, 0.15) is 151 Å². The molecule has 19 heteroatoms. The smallest absolute Gasteiger partial charge is 0.335 e. The minimum atomic E-state index is -0.936. The Morgan fingerprint density at radius 1 is 0.622 bits per heavy atom. The first kappa shape index (κ1) is 72.6. The Labute approximate surface area is 602 Å². The average Bonchev–Trinajstić information content (AvgIpc) is 1.53. The first-order chi connectivity index (χ1) is 47.0. The number of amides is 1. The number of oxime groups is 2. The first-order valence-electron chi connectivity index (χ1n) is 32.5. The van der Waals surface area contributed by atoms with Gasteiger partial charge in [-0.25, -0.2) is 9.48 Å². The van der Waals surface area contributed by atoms with Crippen LogP contribution in [0.4, 0.5) is 5.69 Å². The fourth-order valence-electron chi connectivity index (χ4n) is 12.9. The van der Waals surface area contributed by atoms with Crippen LogP contribution in [-0.4, -0.2) is 99.2 Å². The summed E-state index contributed by atoms with van der Waals surface area (Å²) in [6, 6.07) is 60.0. The first-order valence-corrected chi connectivity index (χ1v) is 32.8. The number of rotatable bonds is 18. The molecule has 0 aliphatic carbocycles. The summed E-state index contributed by atoms with van der Waals surface area (Å²) < 4.78 is 7.58. The molecule has 4 aromatic heterocycles. The molecule has 17 nitrogen and oxygen atoms in total. The molecule has 6 heterocycles. The molecule has 2 aliphatic heterocycles. The van der Waals surface area contributed by atoms with E-state index in [-0.39, 0.29) is 68.0 Å². The van der Waals surface area contributed by atoms with Gasteiger partial charge in [0, 0.05) is 143 Å². The second kappa shape index (κ2) is 34.5. The fraction of sp³-hybridized carbons (Fsp3) is 0.253. The van der Waals surface area contributed by atoms with Gasteiger partial charge in [0.25, 0.3) is 5.91 Å². The number of aryl methyl sites for hydroxylation is 6. The number of nitrogens with zero attached hydrogens (tertiary/aromatic N) is 9. The number of carbonyl (C=O) groups excluding carboxylic acids is 1. The van der Waals surface area contributed by atoms with Gasteiger partial charge in [0.2, 0.25) is 5.88 Å². The predicted molar refractivity (Wildman–Crippen MR) is 378 cm³/mol. The standard InChI is InChI=1S/C29H26N2O3.C28H31N3O3.C22H22ClN4O2.Y/c1-19-5-3-4-6-26(19)27(18-28(31-34)25-15-16-30-20(2)17-25)23-11-7-21(8-12-23)22-9-13-24(14-10-22)29(32)33;1-19-5-3-4-6-25(19)26(18-27(30-34)23-11-14-29-20(2)17-23)21-7-9-24(10-8-21)31-15-12-22(13-16-31)28(32)33;1-15-20(22(26(2)25-15)29-18-9-5-8-17(23)13-18)21(28)27-12-4-3-10-19(27)16-7-6-11-24-14-16;/h3-17,27,34H,18H2,1-2H3,(H,32,33);3-11,14,17,22,26,34H,12-13,15-16,18H2,1-2H3,(H,32,33);5-9,11,14,19H,3-4,10,12H2,1-2H3;/q;;-1;/b31-28+;30-27+;;/t27-;26-;;/m11../s1. The van der Waals surface area contributed by atoms with E-state index in [1.807, 2.05) is 117 Å². The van der Waals surface area contributed by atoms with Gasteiger partial charge < -0.3 is 35.2 Å². The number of carbonyl (C=O) groups is 3. The van der Waals surface area contributed by atoms with Gasteiger partial charge in [0.15, 0.2) is 0 Å². The van der Waals surface area contributed by atoms with Crippen molar-refractivity contribution in [2.75, 3.05) is 24.5 Å². The molecule has 0 bridgehead atoms. The third kappa shape index (κ3) is 18.3. The van der Waals surface area contributed by atoms with E-state index in [0.717, 1.165) is 88.4 Å². The van der Waals surface area contributed by atoms with Crippen LogP contribution in [0, 0.1) is 46.6 Å². The number of aromatic carboxylic acids is 1. The largest absolute Gasteiger partial charge is 0.481 e. The van der Waals surface area contributed by atoms with Gasteiger partial charge in [-0.05, 0) is 171 Å². The van der Waals surface area contributed by atoms with Crippen LogP contribution >= 0.6 is 11.6 Å². The van der Waals surface area contributed by atoms with Crippen molar-refractivity contribution in [3.8, 4) is 22.8 Å². The molecule has 10 aromatic rings. The molecule has 1 radical (unpaired) electrons. The number of hydrogen-bond donors (Lipinski definition) is 4. The van der Waals surface area contributed by atoms with Crippen molar-refractivity contribution in [2.24, 2.45) is 23.3 Å². The Balaban J connectivity index is 0.000000172. The van der Waals surface area contributed by atoms with E-state index in [2.05, 4.69) is 116 Å². The monoisotopic (exact) mass is 1410 g/mol. The van der Waals surface area contributed by atoms with Crippen molar-refractivity contribution in [3.63, 3.8) is 0 Å². The van der Waals surface area contributed by atoms with Gasteiger partial charge in [-0.2, -0.15) is 17.2 Å².